The van der Waals surface area contributed by atoms with Crippen molar-refractivity contribution in [3.8, 4) is 11.5 Å². The second kappa shape index (κ2) is 6.84. The number of amides is 2. The summed E-state index contributed by atoms with van der Waals surface area (Å²) in [5, 5.41) is 9.61. The number of ether oxygens (including phenoxy) is 2. The van der Waals surface area contributed by atoms with E-state index in [9.17, 15) is 4.79 Å². The number of nitrogens with one attached hydrogen (secondary N) is 2. The lowest BCUT2D eigenvalue weighted by Crippen LogP contribution is -2.31. The number of nitrogens with zero attached hydrogens (tertiary/aromatic N) is 2. The van der Waals surface area contributed by atoms with Crippen molar-refractivity contribution in [2.75, 3.05) is 19.5 Å². The van der Waals surface area contributed by atoms with Crippen molar-refractivity contribution in [1.29, 1.82) is 0 Å². The van der Waals surface area contributed by atoms with Crippen molar-refractivity contribution in [2.45, 2.75) is 13.0 Å². The minimum atomic E-state index is -0.337. The number of aromatic nitrogens is 2. The van der Waals surface area contributed by atoms with Gasteiger partial charge in [-0.1, -0.05) is 0 Å². The van der Waals surface area contributed by atoms with Crippen LogP contribution >= 0.6 is 0 Å². The number of benzene rings is 1. The quantitative estimate of drug-likeness (QED) is 0.888. The van der Waals surface area contributed by atoms with Crippen LogP contribution in [-0.4, -0.2) is 30.0 Å². The summed E-state index contributed by atoms with van der Waals surface area (Å²) >= 11 is 0. The first-order chi connectivity index (χ1) is 10.5. The number of carbonyl (C=O) groups excluding carboxylic acids is 1. The Kier molecular flexibility index (Phi) is 4.88. The van der Waals surface area contributed by atoms with E-state index in [1.54, 1.807) is 38.2 Å². The van der Waals surface area contributed by atoms with Crippen LogP contribution in [0.2, 0.25) is 0 Å². The molecule has 7 nitrogen and oxygen atoms in total. The van der Waals surface area contributed by atoms with Gasteiger partial charge in [-0.2, -0.15) is 5.10 Å². The second-order valence-electron chi connectivity index (χ2n) is 4.80. The van der Waals surface area contributed by atoms with Crippen LogP contribution in [-0.2, 0) is 7.05 Å². The maximum absolute atomic E-state index is 12.0. The van der Waals surface area contributed by atoms with E-state index in [0.29, 0.717) is 17.3 Å². The van der Waals surface area contributed by atoms with Crippen LogP contribution in [0.25, 0.3) is 0 Å². The third-order valence-electron chi connectivity index (χ3n) is 3.21. The molecule has 1 unspecified atom stereocenters. The lowest BCUT2D eigenvalue weighted by Gasteiger charge is -2.18. The molecule has 2 aromatic rings. The van der Waals surface area contributed by atoms with Crippen LogP contribution in [0.5, 0.6) is 11.5 Å². The van der Waals surface area contributed by atoms with Gasteiger partial charge >= 0.3 is 6.03 Å². The van der Waals surface area contributed by atoms with Gasteiger partial charge in [0.1, 0.15) is 11.5 Å². The molecule has 1 aromatic carbocycles. The zero-order chi connectivity index (χ0) is 16.1. The average Bonchev–Trinajstić information content (AvgIpc) is 2.91. The molecule has 0 aliphatic carbocycles. The Balaban J connectivity index is 2.07. The van der Waals surface area contributed by atoms with Crippen LogP contribution in [0, 0.1) is 0 Å². The van der Waals surface area contributed by atoms with Crippen molar-refractivity contribution < 1.29 is 14.3 Å². The fourth-order valence-electron chi connectivity index (χ4n) is 2.09. The molecule has 0 spiro atoms. The van der Waals surface area contributed by atoms with Crippen LogP contribution in [0.4, 0.5) is 10.6 Å². The van der Waals surface area contributed by atoms with Gasteiger partial charge in [-0.15, -0.1) is 0 Å². The Morgan fingerprint density at radius 2 is 2.05 bits per heavy atom. The SMILES string of the molecule is COc1ccc(OC)c(C(C)NC(=O)Nc2ccn(C)n2)c1. The maximum Gasteiger partial charge on any atom is 0.320 e. The summed E-state index contributed by atoms with van der Waals surface area (Å²) < 4.78 is 12.2. The van der Waals surface area contributed by atoms with Gasteiger partial charge in [0.15, 0.2) is 5.82 Å². The molecular weight excluding hydrogens is 284 g/mol. The third-order valence-corrected chi connectivity index (χ3v) is 3.21. The van der Waals surface area contributed by atoms with E-state index in [0.717, 1.165) is 5.56 Å². The van der Waals surface area contributed by atoms with Gasteiger partial charge in [0.05, 0.1) is 20.3 Å². The first kappa shape index (κ1) is 15.7. The van der Waals surface area contributed by atoms with Gasteiger partial charge in [-0.05, 0) is 25.1 Å². The van der Waals surface area contributed by atoms with E-state index >= 15 is 0 Å². The molecule has 7 heteroatoms. The molecule has 0 saturated heterocycles. The third kappa shape index (κ3) is 3.69. The van der Waals surface area contributed by atoms with Gasteiger partial charge in [0.2, 0.25) is 0 Å². The second-order valence-corrected chi connectivity index (χ2v) is 4.80. The summed E-state index contributed by atoms with van der Waals surface area (Å²) in [6.45, 7) is 1.87. The van der Waals surface area contributed by atoms with Gasteiger partial charge in [0, 0.05) is 24.9 Å². The summed E-state index contributed by atoms with van der Waals surface area (Å²) in [5.41, 5.74) is 0.832. The molecule has 0 aliphatic rings. The molecule has 0 radical (unpaired) electrons. The van der Waals surface area contributed by atoms with Gasteiger partial charge in [-0.25, -0.2) is 4.79 Å². The molecule has 1 heterocycles. The highest BCUT2D eigenvalue weighted by atomic mass is 16.5. The lowest BCUT2D eigenvalue weighted by molar-refractivity contribution is 0.249. The predicted molar refractivity (Wildman–Crippen MR) is 83.3 cm³/mol. The number of urea groups is 1. The number of aryl methyl sites for hydroxylation is 1. The smallest absolute Gasteiger partial charge is 0.320 e. The summed E-state index contributed by atoms with van der Waals surface area (Å²) in [6.07, 6.45) is 1.75. The fourth-order valence-corrected chi connectivity index (χ4v) is 2.09. The van der Waals surface area contributed by atoms with E-state index in [4.69, 9.17) is 9.47 Å². The van der Waals surface area contributed by atoms with E-state index in [-0.39, 0.29) is 12.1 Å². The first-order valence-corrected chi connectivity index (χ1v) is 6.82. The fraction of sp³-hybridized carbons (Fsp3) is 0.333. The molecule has 2 amide bonds. The number of carbonyl (C=O) groups is 1. The van der Waals surface area contributed by atoms with Crippen molar-refractivity contribution in [2.24, 2.45) is 7.05 Å². The van der Waals surface area contributed by atoms with Crippen molar-refractivity contribution in [3.05, 3.63) is 36.0 Å². The molecule has 118 valence electrons. The molecule has 1 aromatic heterocycles. The standard InChI is InChI=1S/C15H20N4O3/c1-10(12-9-11(21-3)5-6-13(12)22-4)16-15(20)17-14-7-8-19(2)18-14/h5-10H,1-4H3,(H2,16,17,18,20). The molecule has 0 aliphatic heterocycles. The van der Waals surface area contributed by atoms with Crippen molar-refractivity contribution in [1.82, 2.24) is 15.1 Å². The largest absolute Gasteiger partial charge is 0.497 e. The van der Waals surface area contributed by atoms with E-state index in [1.807, 2.05) is 25.1 Å². The van der Waals surface area contributed by atoms with Gasteiger partial charge in [0.25, 0.3) is 0 Å². The van der Waals surface area contributed by atoms with E-state index in [1.165, 1.54) is 0 Å². The highest BCUT2D eigenvalue weighted by Crippen LogP contribution is 2.29. The first-order valence-electron chi connectivity index (χ1n) is 6.82. The summed E-state index contributed by atoms with van der Waals surface area (Å²) in [4.78, 5) is 12.0. The summed E-state index contributed by atoms with van der Waals surface area (Å²) in [7, 11) is 4.97. The molecule has 2 N–H and O–H groups in total. The van der Waals surface area contributed by atoms with E-state index < -0.39 is 0 Å². The number of hydrogen-bond acceptors (Lipinski definition) is 4. The Morgan fingerprint density at radius 1 is 1.27 bits per heavy atom. The molecular formula is C15H20N4O3. The van der Waals surface area contributed by atoms with Crippen molar-refractivity contribution in [3.63, 3.8) is 0 Å². The molecule has 0 saturated carbocycles. The predicted octanol–water partition coefficient (Wildman–Crippen LogP) is 2.32. The molecule has 22 heavy (non-hydrogen) atoms. The minimum Gasteiger partial charge on any atom is -0.497 e. The molecule has 2 rings (SSSR count). The minimum absolute atomic E-state index is 0.256. The Morgan fingerprint density at radius 3 is 2.64 bits per heavy atom. The van der Waals surface area contributed by atoms with Crippen LogP contribution in [0.15, 0.2) is 30.5 Å². The summed E-state index contributed by atoms with van der Waals surface area (Å²) in [6, 6.07) is 6.58. The zero-order valence-electron chi connectivity index (χ0n) is 13.1. The summed E-state index contributed by atoms with van der Waals surface area (Å²) in [5.74, 6) is 1.88. The van der Waals surface area contributed by atoms with Crippen molar-refractivity contribution >= 4 is 11.8 Å². The Labute approximate surface area is 129 Å². The number of methoxy groups -OCH3 is 2. The van der Waals surface area contributed by atoms with Gasteiger partial charge < -0.3 is 14.8 Å². The number of rotatable bonds is 5. The lowest BCUT2D eigenvalue weighted by atomic mass is 10.1. The average molecular weight is 304 g/mol. The topological polar surface area (TPSA) is 77.4 Å². The van der Waals surface area contributed by atoms with Gasteiger partial charge in [-0.3, -0.25) is 10.00 Å². The Bertz CT molecular complexity index is 654. The molecule has 0 bridgehead atoms. The monoisotopic (exact) mass is 304 g/mol. The normalized spacial score (nSPS) is 11.6. The molecule has 1 atom stereocenters. The Hall–Kier alpha value is -2.70. The highest BCUT2D eigenvalue weighted by Gasteiger charge is 2.15. The zero-order valence-corrected chi connectivity index (χ0v) is 13.1. The van der Waals surface area contributed by atoms with E-state index in [2.05, 4.69) is 15.7 Å². The van der Waals surface area contributed by atoms with Crippen LogP contribution in [0.1, 0.15) is 18.5 Å². The molecule has 0 fully saturated rings. The highest BCUT2D eigenvalue weighted by molar-refractivity contribution is 5.88. The maximum atomic E-state index is 12.0. The van der Waals surface area contributed by atoms with Crippen LogP contribution < -0.4 is 20.1 Å². The van der Waals surface area contributed by atoms with Crippen LogP contribution in [0.3, 0.4) is 0 Å². The number of hydrogen-bond donors (Lipinski definition) is 2. The number of anilines is 1.